The highest BCUT2D eigenvalue weighted by molar-refractivity contribution is 6.32. The standard InChI is InChI=1S/C31H29ClN2O4/c1-37-27-18-10-8-16-25(27)20-33-31(36)30(24-14-6-3-7-15-24)34(21-23-12-4-2-5-13-23)29(35)22-38-28-19-11-9-17-26(28)32/h2-19,30H,20-22H2,1H3,(H,33,36)/t30-/m1/s1. The number of halogens is 1. The van der Waals surface area contributed by atoms with Crippen LogP contribution in [0.25, 0.3) is 0 Å². The largest absolute Gasteiger partial charge is 0.496 e. The number of carbonyl (C=O) groups is 2. The van der Waals surface area contributed by atoms with Crippen LogP contribution in [-0.4, -0.2) is 30.4 Å². The molecule has 0 heterocycles. The summed E-state index contributed by atoms with van der Waals surface area (Å²) < 4.78 is 11.2. The molecule has 0 aromatic heterocycles. The zero-order valence-corrected chi connectivity index (χ0v) is 21.8. The first-order valence-electron chi connectivity index (χ1n) is 12.2. The lowest BCUT2D eigenvalue weighted by atomic mass is 10.0. The molecule has 0 saturated heterocycles. The van der Waals surface area contributed by atoms with Gasteiger partial charge in [0.15, 0.2) is 6.61 Å². The van der Waals surface area contributed by atoms with Gasteiger partial charge in [-0.1, -0.05) is 103 Å². The fourth-order valence-corrected chi connectivity index (χ4v) is 4.31. The number of amides is 2. The number of nitrogens with zero attached hydrogens (tertiary/aromatic N) is 1. The number of nitrogens with one attached hydrogen (secondary N) is 1. The minimum absolute atomic E-state index is 0.215. The number of methoxy groups -OCH3 is 1. The Morgan fingerprint density at radius 2 is 1.42 bits per heavy atom. The average molecular weight is 529 g/mol. The van der Waals surface area contributed by atoms with Gasteiger partial charge >= 0.3 is 0 Å². The SMILES string of the molecule is COc1ccccc1CNC(=O)[C@@H](c1ccccc1)N(Cc1ccccc1)C(=O)COc1ccccc1Cl. The van der Waals surface area contributed by atoms with E-state index >= 15 is 0 Å². The monoisotopic (exact) mass is 528 g/mol. The van der Waals surface area contributed by atoms with Crippen molar-refractivity contribution < 1.29 is 19.1 Å². The number of carbonyl (C=O) groups excluding carboxylic acids is 2. The Morgan fingerprint density at radius 3 is 2.11 bits per heavy atom. The zero-order valence-electron chi connectivity index (χ0n) is 21.0. The number of hydrogen-bond acceptors (Lipinski definition) is 4. The Kier molecular flexibility index (Phi) is 9.37. The van der Waals surface area contributed by atoms with Crippen LogP contribution in [0.15, 0.2) is 109 Å². The molecule has 0 aliphatic carbocycles. The van der Waals surface area contributed by atoms with E-state index in [-0.39, 0.29) is 31.5 Å². The molecule has 0 bridgehead atoms. The van der Waals surface area contributed by atoms with Crippen LogP contribution in [0.3, 0.4) is 0 Å². The van der Waals surface area contributed by atoms with Crippen molar-refractivity contribution in [2.75, 3.05) is 13.7 Å². The van der Waals surface area contributed by atoms with Gasteiger partial charge in [0, 0.05) is 18.7 Å². The Morgan fingerprint density at radius 1 is 0.816 bits per heavy atom. The lowest BCUT2D eigenvalue weighted by Gasteiger charge is -2.31. The van der Waals surface area contributed by atoms with E-state index in [1.165, 1.54) is 0 Å². The van der Waals surface area contributed by atoms with Gasteiger partial charge in [0.2, 0.25) is 5.91 Å². The third kappa shape index (κ3) is 6.93. The maximum atomic E-state index is 13.8. The Hall–Kier alpha value is -4.29. The van der Waals surface area contributed by atoms with E-state index in [0.717, 1.165) is 11.1 Å². The highest BCUT2D eigenvalue weighted by Crippen LogP contribution is 2.27. The summed E-state index contributed by atoms with van der Waals surface area (Å²) in [5, 5.41) is 3.41. The molecule has 0 aliphatic rings. The lowest BCUT2D eigenvalue weighted by molar-refractivity contribution is -0.143. The minimum atomic E-state index is -0.895. The first-order valence-corrected chi connectivity index (χ1v) is 12.6. The fourth-order valence-electron chi connectivity index (χ4n) is 4.12. The predicted octanol–water partition coefficient (Wildman–Crippen LogP) is 5.81. The summed E-state index contributed by atoms with van der Waals surface area (Å²) in [4.78, 5) is 29.0. The van der Waals surface area contributed by atoms with Gasteiger partial charge in [-0.2, -0.15) is 0 Å². The van der Waals surface area contributed by atoms with E-state index < -0.39 is 6.04 Å². The smallest absolute Gasteiger partial charge is 0.261 e. The van der Waals surface area contributed by atoms with Gasteiger partial charge in [0.25, 0.3) is 5.91 Å². The second-order valence-electron chi connectivity index (χ2n) is 8.57. The third-order valence-electron chi connectivity index (χ3n) is 6.02. The highest BCUT2D eigenvalue weighted by Gasteiger charge is 2.32. The molecule has 4 aromatic rings. The van der Waals surface area contributed by atoms with Crippen LogP contribution in [0.1, 0.15) is 22.7 Å². The van der Waals surface area contributed by atoms with E-state index in [2.05, 4.69) is 5.32 Å². The van der Waals surface area contributed by atoms with Crippen molar-refractivity contribution in [3.05, 3.63) is 131 Å². The first kappa shape index (κ1) is 26.8. The van der Waals surface area contributed by atoms with Gasteiger partial charge in [-0.05, 0) is 29.3 Å². The quantitative estimate of drug-likeness (QED) is 0.266. The van der Waals surface area contributed by atoms with Crippen LogP contribution in [0.4, 0.5) is 0 Å². The number of ether oxygens (including phenoxy) is 2. The topological polar surface area (TPSA) is 67.9 Å². The van der Waals surface area contributed by atoms with Crippen molar-refractivity contribution in [3.63, 3.8) is 0 Å². The molecule has 1 N–H and O–H groups in total. The third-order valence-corrected chi connectivity index (χ3v) is 6.34. The predicted molar refractivity (Wildman–Crippen MR) is 148 cm³/mol. The van der Waals surface area contributed by atoms with Gasteiger partial charge in [0.05, 0.1) is 12.1 Å². The molecule has 0 spiro atoms. The molecule has 4 aromatic carbocycles. The van der Waals surface area contributed by atoms with Crippen molar-refractivity contribution in [2.45, 2.75) is 19.1 Å². The summed E-state index contributed by atoms with van der Waals surface area (Å²) in [5.74, 6) is 0.410. The molecule has 0 saturated carbocycles. The molecule has 1 atom stereocenters. The number of para-hydroxylation sites is 2. The Balaban J connectivity index is 1.63. The minimum Gasteiger partial charge on any atom is -0.496 e. The van der Waals surface area contributed by atoms with E-state index in [1.807, 2.05) is 84.9 Å². The number of benzene rings is 4. The molecule has 0 aliphatic heterocycles. The number of rotatable bonds is 11. The highest BCUT2D eigenvalue weighted by atomic mass is 35.5. The summed E-state index contributed by atoms with van der Waals surface area (Å²) >= 11 is 6.23. The average Bonchev–Trinajstić information content (AvgIpc) is 2.96. The second-order valence-corrected chi connectivity index (χ2v) is 8.98. The van der Waals surface area contributed by atoms with Crippen molar-refractivity contribution in [3.8, 4) is 11.5 Å². The molecule has 4 rings (SSSR count). The van der Waals surface area contributed by atoms with Crippen molar-refractivity contribution in [1.29, 1.82) is 0 Å². The van der Waals surface area contributed by atoms with Gasteiger partial charge in [0.1, 0.15) is 17.5 Å². The molecule has 0 fully saturated rings. The maximum Gasteiger partial charge on any atom is 0.261 e. The zero-order chi connectivity index (χ0) is 26.7. The Labute approximate surface area is 227 Å². The second kappa shape index (κ2) is 13.3. The van der Waals surface area contributed by atoms with Crippen molar-refractivity contribution in [2.24, 2.45) is 0 Å². The van der Waals surface area contributed by atoms with Crippen LogP contribution < -0.4 is 14.8 Å². The van der Waals surface area contributed by atoms with E-state index in [1.54, 1.807) is 36.3 Å². The normalized spacial score (nSPS) is 11.3. The molecule has 0 radical (unpaired) electrons. The summed E-state index contributed by atoms with van der Waals surface area (Å²) in [6.45, 7) is 0.183. The molecule has 194 valence electrons. The fraction of sp³-hybridized carbons (Fsp3) is 0.161. The van der Waals surface area contributed by atoms with Crippen LogP contribution in [0, 0.1) is 0 Å². The van der Waals surface area contributed by atoms with Gasteiger partial charge < -0.3 is 19.7 Å². The van der Waals surface area contributed by atoms with E-state index in [9.17, 15) is 9.59 Å². The maximum absolute atomic E-state index is 13.8. The molecular weight excluding hydrogens is 500 g/mol. The molecular formula is C31H29ClN2O4. The molecule has 7 heteroatoms. The van der Waals surface area contributed by atoms with Crippen LogP contribution in [0.2, 0.25) is 5.02 Å². The van der Waals surface area contributed by atoms with Crippen molar-refractivity contribution in [1.82, 2.24) is 10.2 Å². The summed E-state index contributed by atoms with van der Waals surface area (Å²) in [5.41, 5.74) is 2.40. The molecule has 2 amide bonds. The molecule has 0 unspecified atom stereocenters. The van der Waals surface area contributed by atoms with E-state index in [4.69, 9.17) is 21.1 Å². The molecule has 6 nitrogen and oxygen atoms in total. The molecule has 38 heavy (non-hydrogen) atoms. The lowest BCUT2D eigenvalue weighted by Crippen LogP contribution is -2.45. The van der Waals surface area contributed by atoms with Crippen LogP contribution in [-0.2, 0) is 22.7 Å². The van der Waals surface area contributed by atoms with Crippen LogP contribution in [0.5, 0.6) is 11.5 Å². The first-order chi connectivity index (χ1) is 18.6. The summed E-state index contributed by atoms with van der Waals surface area (Å²) in [6, 6.07) is 32.4. The Bertz CT molecular complexity index is 1350. The van der Waals surface area contributed by atoms with E-state index in [0.29, 0.717) is 22.1 Å². The van der Waals surface area contributed by atoms with Gasteiger partial charge in [-0.15, -0.1) is 0 Å². The summed E-state index contributed by atoms with van der Waals surface area (Å²) in [6.07, 6.45) is 0. The number of hydrogen-bond donors (Lipinski definition) is 1. The van der Waals surface area contributed by atoms with Gasteiger partial charge in [-0.25, -0.2) is 0 Å². The summed E-state index contributed by atoms with van der Waals surface area (Å²) in [7, 11) is 1.59. The van der Waals surface area contributed by atoms with Crippen molar-refractivity contribution >= 4 is 23.4 Å². The van der Waals surface area contributed by atoms with Crippen LogP contribution >= 0.6 is 11.6 Å². The van der Waals surface area contributed by atoms with Gasteiger partial charge in [-0.3, -0.25) is 9.59 Å².